The zero-order chi connectivity index (χ0) is 15.6. The van der Waals surface area contributed by atoms with Crippen molar-refractivity contribution in [3.8, 4) is 0 Å². The molecule has 0 spiro atoms. The van der Waals surface area contributed by atoms with Crippen molar-refractivity contribution in [2.75, 3.05) is 5.32 Å². The van der Waals surface area contributed by atoms with Crippen LogP contribution in [0.3, 0.4) is 0 Å². The molecule has 0 aliphatic rings. The maximum atomic E-state index is 12.3. The number of carbonyl (C=O) groups is 1. The van der Waals surface area contributed by atoms with Crippen LogP contribution in [0.25, 0.3) is 0 Å². The zero-order valence-corrected chi connectivity index (χ0v) is 13.6. The summed E-state index contributed by atoms with van der Waals surface area (Å²) in [5.41, 5.74) is 6.70. The monoisotopic (exact) mass is 358 g/mol. The number of benzene rings is 2. The topological polar surface area (TPSA) is 55.1 Å². The second-order valence-corrected chi connectivity index (χ2v) is 5.77. The molecule has 0 atom stereocenters. The highest BCUT2D eigenvalue weighted by Gasteiger charge is 2.16. The van der Waals surface area contributed by atoms with Crippen LogP contribution in [0.5, 0.6) is 0 Å². The number of nitrogens with one attached hydrogen (secondary N) is 1. The minimum Gasteiger partial charge on any atom is -0.389 e. The Morgan fingerprint density at radius 3 is 2.24 bits per heavy atom. The van der Waals surface area contributed by atoms with E-state index in [-0.39, 0.29) is 20.6 Å². The standard InChI is InChI=1S/C14H9Cl3N2OS/c15-8-5-4-7(13(18)21)6-11(8)19-14(20)12-9(16)2-1-3-10(12)17/h1-6H,(H2,18,21)(H,19,20). The molecule has 21 heavy (non-hydrogen) atoms. The van der Waals surface area contributed by atoms with Crippen LogP contribution in [0.4, 0.5) is 5.69 Å². The molecule has 3 N–H and O–H groups in total. The van der Waals surface area contributed by atoms with Gasteiger partial charge >= 0.3 is 0 Å². The van der Waals surface area contributed by atoms with Crippen molar-refractivity contribution in [3.63, 3.8) is 0 Å². The van der Waals surface area contributed by atoms with Gasteiger partial charge in [0.1, 0.15) is 4.99 Å². The highest BCUT2D eigenvalue weighted by atomic mass is 35.5. The molecule has 0 bridgehead atoms. The third-order valence-corrected chi connectivity index (χ3v) is 3.88. The number of hydrogen-bond donors (Lipinski definition) is 2. The molecule has 2 rings (SSSR count). The Balaban J connectivity index is 2.36. The second kappa shape index (κ2) is 6.62. The molecule has 2 aromatic rings. The van der Waals surface area contributed by atoms with Gasteiger partial charge in [0.2, 0.25) is 0 Å². The van der Waals surface area contributed by atoms with Crippen molar-refractivity contribution in [2.24, 2.45) is 5.73 Å². The van der Waals surface area contributed by atoms with E-state index in [1.807, 2.05) is 0 Å². The Bertz CT molecular complexity index is 714. The summed E-state index contributed by atoms with van der Waals surface area (Å²) in [7, 11) is 0. The molecule has 0 saturated carbocycles. The normalized spacial score (nSPS) is 10.2. The van der Waals surface area contributed by atoms with Crippen LogP contribution in [-0.2, 0) is 0 Å². The van der Waals surface area contributed by atoms with Crippen LogP contribution in [0.1, 0.15) is 15.9 Å². The fraction of sp³-hybridized carbons (Fsp3) is 0. The molecular formula is C14H9Cl3N2OS. The maximum Gasteiger partial charge on any atom is 0.258 e. The minimum absolute atomic E-state index is 0.178. The first-order chi connectivity index (χ1) is 9.90. The predicted molar refractivity (Wildman–Crippen MR) is 91.8 cm³/mol. The van der Waals surface area contributed by atoms with Gasteiger partial charge < -0.3 is 11.1 Å². The van der Waals surface area contributed by atoms with Gasteiger partial charge in [-0.1, -0.05) is 59.2 Å². The lowest BCUT2D eigenvalue weighted by molar-refractivity contribution is 0.102. The average Bonchev–Trinajstić information content (AvgIpc) is 2.40. The van der Waals surface area contributed by atoms with Gasteiger partial charge in [0.25, 0.3) is 5.91 Å². The Kier molecular flexibility index (Phi) is 5.06. The van der Waals surface area contributed by atoms with E-state index in [1.165, 1.54) is 0 Å². The highest BCUT2D eigenvalue weighted by molar-refractivity contribution is 7.80. The molecule has 0 fully saturated rings. The van der Waals surface area contributed by atoms with Gasteiger partial charge in [-0.25, -0.2) is 0 Å². The van der Waals surface area contributed by atoms with E-state index >= 15 is 0 Å². The number of thiocarbonyl (C=S) groups is 1. The van der Waals surface area contributed by atoms with E-state index in [2.05, 4.69) is 5.32 Å². The fourth-order valence-electron chi connectivity index (χ4n) is 1.67. The fourth-order valence-corrected chi connectivity index (χ4v) is 2.53. The molecule has 108 valence electrons. The zero-order valence-electron chi connectivity index (χ0n) is 10.5. The van der Waals surface area contributed by atoms with Crippen molar-refractivity contribution in [1.29, 1.82) is 0 Å². The lowest BCUT2D eigenvalue weighted by atomic mass is 10.1. The van der Waals surface area contributed by atoms with Crippen LogP contribution in [0.15, 0.2) is 36.4 Å². The minimum atomic E-state index is -0.465. The second-order valence-electron chi connectivity index (χ2n) is 4.11. The van der Waals surface area contributed by atoms with Crippen molar-refractivity contribution in [3.05, 3.63) is 62.6 Å². The molecule has 0 aromatic heterocycles. The first kappa shape index (κ1) is 16.0. The summed E-state index contributed by atoms with van der Waals surface area (Å²) in [5.74, 6) is -0.465. The van der Waals surface area contributed by atoms with Gasteiger partial charge in [0.15, 0.2) is 0 Å². The molecule has 0 aliphatic heterocycles. The van der Waals surface area contributed by atoms with Crippen LogP contribution >= 0.6 is 47.0 Å². The van der Waals surface area contributed by atoms with E-state index in [9.17, 15) is 4.79 Å². The summed E-state index contributed by atoms with van der Waals surface area (Å²) >= 11 is 22.9. The van der Waals surface area contributed by atoms with Crippen LogP contribution < -0.4 is 11.1 Å². The number of anilines is 1. The molecular weight excluding hydrogens is 351 g/mol. The molecule has 0 radical (unpaired) electrons. The average molecular weight is 360 g/mol. The largest absolute Gasteiger partial charge is 0.389 e. The number of amides is 1. The molecule has 2 aromatic carbocycles. The van der Waals surface area contributed by atoms with Crippen molar-refractivity contribution >= 4 is 63.6 Å². The SMILES string of the molecule is NC(=S)c1ccc(Cl)c(NC(=O)c2c(Cl)cccc2Cl)c1. The molecule has 0 heterocycles. The van der Waals surface area contributed by atoms with Crippen LogP contribution in [0.2, 0.25) is 15.1 Å². The summed E-state index contributed by atoms with van der Waals surface area (Å²) in [5, 5.41) is 3.50. The number of halogens is 3. The van der Waals surface area contributed by atoms with Gasteiger partial charge in [0, 0.05) is 5.56 Å². The summed E-state index contributed by atoms with van der Waals surface area (Å²) in [4.78, 5) is 12.5. The molecule has 1 amide bonds. The van der Waals surface area contributed by atoms with Crippen molar-refractivity contribution in [2.45, 2.75) is 0 Å². The number of hydrogen-bond acceptors (Lipinski definition) is 2. The van der Waals surface area contributed by atoms with E-state index in [0.717, 1.165) is 0 Å². The first-order valence-electron chi connectivity index (χ1n) is 5.75. The van der Waals surface area contributed by atoms with Gasteiger partial charge in [-0.15, -0.1) is 0 Å². The summed E-state index contributed by atoms with van der Waals surface area (Å²) in [6, 6.07) is 9.67. The van der Waals surface area contributed by atoms with E-state index in [4.69, 9.17) is 52.8 Å². The smallest absolute Gasteiger partial charge is 0.258 e. The first-order valence-corrected chi connectivity index (χ1v) is 7.29. The third-order valence-electron chi connectivity index (χ3n) is 2.69. The number of nitrogens with two attached hydrogens (primary N) is 1. The molecule has 0 unspecified atom stereocenters. The molecule has 0 aliphatic carbocycles. The van der Waals surface area contributed by atoms with Crippen LogP contribution in [0, 0.1) is 0 Å². The van der Waals surface area contributed by atoms with Gasteiger partial charge in [-0.2, -0.15) is 0 Å². The Morgan fingerprint density at radius 1 is 1.05 bits per heavy atom. The Hall–Kier alpha value is -1.33. The summed E-state index contributed by atoms with van der Waals surface area (Å²) in [6.45, 7) is 0. The van der Waals surface area contributed by atoms with Gasteiger partial charge in [0.05, 0.1) is 26.3 Å². The lowest BCUT2D eigenvalue weighted by Crippen LogP contribution is -2.15. The molecule has 3 nitrogen and oxygen atoms in total. The maximum absolute atomic E-state index is 12.3. The Morgan fingerprint density at radius 2 is 1.67 bits per heavy atom. The Labute approximate surface area is 142 Å². The highest BCUT2D eigenvalue weighted by Crippen LogP contribution is 2.28. The number of rotatable bonds is 3. The van der Waals surface area contributed by atoms with Crippen molar-refractivity contribution < 1.29 is 4.79 Å². The molecule has 0 saturated heterocycles. The predicted octanol–water partition coefficient (Wildman–Crippen LogP) is 4.53. The summed E-state index contributed by atoms with van der Waals surface area (Å²) < 4.78 is 0. The van der Waals surface area contributed by atoms with Crippen molar-refractivity contribution in [1.82, 2.24) is 0 Å². The third kappa shape index (κ3) is 3.66. The van der Waals surface area contributed by atoms with E-state index < -0.39 is 5.91 Å². The lowest BCUT2D eigenvalue weighted by Gasteiger charge is -2.11. The van der Waals surface area contributed by atoms with E-state index in [1.54, 1.807) is 36.4 Å². The van der Waals surface area contributed by atoms with Gasteiger partial charge in [-0.05, 0) is 24.3 Å². The van der Waals surface area contributed by atoms with Gasteiger partial charge in [-0.3, -0.25) is 4.79 Å². The van der Waals surface area contributed by atoms with Crippen LogP contribution in [-0.4, -0.2) is 10.9 Å². The quantitative estimate of drug-likeness (QED) is 0.791. The molecule has 7 heteroatoms. The summed E-state index contributed by atoms with van der Waals surface area (Å²) in [6.07, 6.45) is 0. The van der Waals surface area contributed by atoms with E-state index in [0.29, 0.717) is 16.3 Å². The number of carbonyl (C=O) groups excluding carboxylic acids is 1.